The van der Waals surface area contributed by atoms with Gasteiger partial charge in [0.2, 0.25) is 0 Å². The van der Waals surface area contributed by atoms with Gasteiger partial charge in [-0.1, -0.05) is 24.3 Å². The molecule has 1 N–H and O–H groups in total. The fourth-order valence-electron chi connectivity index (χ4n) is 2.75. The van der Waals surface area contributed by atoms with Crippen LogP contribution in [0.15, 0.2) is 48.7 Å². The molecule has 0 spiro atoms. The Bertz CT molecular complexity index is 565. The number of halogens is 1. The molecule has 4 heteroatoms. The van der Waals surface area contributed by atoms with Crippen molar-refractivity contribution in [2.24, 2.45) is 0 Å². The molecule has 0 bridgehead atoms. The van der Waals surface area contributed by atoms with Gasteiger partial charge in [-0.05, 0) is 31.0 Å². The highest BCUT2D eigenvalue weighted by atomic mass is 19.1. The van der Waals surface area contributed by atoms with Gasteiger partial charge in [-0.3, -0.25) is 0 Å². The lowest BCUT2D eigenvalue weighted by molar-refractivity contribution is 0.409. The van der Waals surface area contributed by atoms with Crippen LogP contribution < -0.4 is 10.2 Å². The molecule has 0 amide bonds. The topological polar surface area (TPSA) is 28.2 Å². The summed E-state index contributed by atoms with van der Waals surface area (Å²) in [5.74, 6) is 0.918. The lowest BCUT2D eigenvalue weighted by Crippen LogP contribution is -2.42. The van der Waals surface area contributed by atoms with Gasteiger partial charge in [0.15, 0.2) is 0 Å². The number of nitrogens with one attached hydrogen (secondary N) is 1. The van der Waals surface area contributed by atoms with Crippen LogP contribution in [0.25, 0.3) is 0 Å². The Balaban J connectivity index is 1.49. The molecule has 2 heterocycles. The van der Waals surface area contributed by atoms with E-state index in [1.54, 1.807) is 6.07 Å². The van der Waals surface area contributed by atoms with E-state index in [9.17, 15) is 4.39 Å². The first kappa shape index (κ1) is 14.0. The number of hydrogen-bond donors (Lipinski definition) is 1. The van der Waals surface area contributed by atoms with Crippen molar-refractivity contribution < 1.29 is 4.39 Å². The van der Waals surface area contributed by atoms with Crippen LogP contribution in [0.5, 0.6) is 0 Å². The molecule has 1 aromatic carbocycles. The number of anilines is 1. The summed E-state index contributed by atoms with van der Waals surface area (Å²) in [6, 6.07) is 13.4. The van der Waals surface area contributed by atoms with Crippen LogP contribution in [0.2, 0.25) is 0 Å². The molecule has 0 atom stereocenters. The highest BCUT2D eigenvalue weighted by Gasteiger charge is 2.19. The molecule has 1 saturated heterocycles. The summed E-state index contributed by atoms with van der Waals surface area (Å²) in [6.07, 6.45) is 3.95. The van der Waals surface area contributed by atoms with Crippen LogP contribution in [-0.2, 0) is 6.54 Å². The number of rotatable bonds is 4. The highest BCUT2D eigenvalue weighted by molar-refractivity contribution is 5.38. The largest absolute Gasteiger partial charge is 0.357 e. The SMILES string of the molecule is Fc1ccccc1CNC1CCN(c2ccccn2)CC1. The molecule has 0 radical (unpaired) electrons. The molecule has 3 rings (SSSR count). The van der Waals surface area contributed by atoms with Crippen molar-refractivity contribution in [3.05, 3.63) is 60.0 Å². The van der Waals surface area contributed by atoms with E-state index in [-0.39, 0.29) is 5.82 Å². The van der Waals surface area contributed by atoms with Gasteiger partial charge in [-0.2, -0.15) is 0 Å². The maximum atomic E-state index is 13.6. The number of nitrogens with zero attached hydrogens (tertiary/aromatic N) is 2. The average Bonchev–Trinajstić information content (AvgIpc) is 2.55. The zero-order valence-electron chi connectivity index (χ0n) is 12.0. The third-order valence-electron chi connectivity index (χ3n) is 4.01. The zero-order valence-corrected chi connectivity index (χ0v) is 12.0. The number of benzene rings is 1. The van der Waals surface area contributed by atoms with Crippen molar-refractivity contribution in [1.82, 2.24) is 10.3 Å². The zero-order chi connectivity index (χ0) is 14.5. The van der Waals surface area contributed by atoms with E-state index >= 15 is 0 Å². The van der Waals surface area contributed by atoms with E-state index in [1.807, 2.05) is 36.5 Å². The van der Waals surface area contributed by atoms with Gasteiger partial charge in [-0.25, -0.2) is 9.37 Å². The van der Waals surface area contributed by atoms with Crippen molar-refractivity contribution >= 4 is 5.82 Å². The second kappa shape index (κ2) is 6.68. The first-order valence-corrected chi connectivity index (χ1v) is 7.46. The first-order chi connectivity index (χ1) is 10.3. The molecule has 1 aromatic heterocycles. The third-order valence-corrected chi connectivity index (χ3v) is 4.01. The van der Waals surface area contributed by atoms with E-state index in [0.717, 1.165) is 37.3 Å². The summed E-state index contributed by atoms with van der Waals surface area (Å²) in [5, 5.41) is 3.46. The second-order valence-electron chi connectivity index (χ2n) is 5.42. The van der Waals surface area contributed by atoms with Gasteiger partial charge in [0.05, 0.1) is 0 Å². The molecule has 0 unspecified atom stereocenters. The molecule has 3 nitrogen and oxygen atoms in total. The Labute approximate surface area is 124 Å². The summed E-state index contributed by atoms with van der Waals surface area (Å²) >= 11 is 0. The molecule has 1 aliphatic heterocycles. The molecular formula is C17H20FN3. The second-order valence-corrected chi connectivity index (χ2v) is 5.42. The Morgan fingerprint density at radius 3 is 2.57 bits per heavy atom. The monoisotopic (exact) mass is 285 g/mol. The van der Waals surface area contributed by atoms with Gasteiger partial charge in [0.1, 0.15) is 11.6 Å². The van der Waals surface area contributed by atoms with E-state index in [0.29, 0.717) is 12.6 Å². The molecule has 1 fully saturated rings. The fraction of sp³-hybridized carbons (Fsp3) is 0.353. The standard InChI is InChI=1S/C17H20FN3/c18-16-6-2-1-5-14(16)13-20-15-8-11-21(12-9-15)17-7-3-4-10-19-17/h1-7,10,15,20H,8-9,11-13H2. The number of hydrogen-bond acceptors (Lipinski definition) is 3. The molecular weight excluding hydrogens is 265 g/mol. The molecule has 1 aliphatic rings. The molecule has 0 saturated carbocycles. The van der Waals surface area contributed by atoms with Gasteiger partial charge >= 0.3 is 0 Å². The Morgan fingerprint density at radius 1 is 1.10 bits per heavy atom. The van der Waals surface area contributed by atoms with Crippen LogP contribution in [0, 0.1) is 5.82 Å². The maximum Gasteiger partial charge on any atom is 0.128 e. The summed E-state index contributed by atoms with van der Waals surface area (Å²) in [5.41, 5.74) is 0.740. The number of aromatic nitrogens is 1. The summed E-state index contributed by atoms with van der Waals surface area (Å²) in [6.45, 7) is 2.58. The summed E-state index contributed by atoms with van der Waals surface area (Å²) in [7, 11) is 0. The third kappa shape index (κ3) is 3.58. The molecule has 0 aliphatic carbocycles. The van der Waals surface area contributed by atoms with E-state index in [2.05, 4.69) is 15.2 Å². The summed E-state index contributed by atoms with van der Waals surface area (Å²) < 4.78 is 13.6. The van der Waals surface area contributed by atoms with E-state index < -0.39 is 0 Å². The Morgan fingerprint density at radius 2 is 1.86 bits per heavy atom. The molecule has 2 aromatic rings. The van der Waals surface area contributed by atoms with Gasteiger partial charge < -0.3 is 10.2 Å². The van der Waals surface area contributed by atoms with Crippen LogP contribution in [0.4, 0.5) is 10.2 Å². The quantitative estimate of drug-likeness (QED) is 0.936. The lowest BCUT2D eigenvalue weighted by atomic mass is 10.0. The van der Waals surface area contributed by atoms with E-state index in [4.69, 9.17) is 0 Å². The Kier molecular flexibility index (Phi) is 4.46. The van der Waals surface area contributed by atoms with Crippen molar-refractivity contribution in [3.63, 3.8) is 0 Å². The van der Waals surface area contributed by atoms with Gasteiger partial charge in [0.25, 0.3) is 0 Å². The minimum absolute atomic E-state index is 0.129. The fourth-order valence-corrected chi connectivity index (χ4v) is 2.75. The van der Waals surface area contributed by atoms with Crippen molar-refractivity contribution in [1.29, 1.82) is 0 Å². The predicted molar refractivity (Wildman–Crippen MR) is 82.7 cm³/mol. The molecule has 110 valence electrons. The van der Waals surface area contributed by atoms with Crippen molar-refractivity contribution in [2.45, 2.75) is 25.4 Å². The van der Waals surface area contributed by atoms with Gasteiger partial charge in [0, 0.05) is 37.4 Å². The van der Waals surface area contributed by atoms with Gasteiger partial charge in [-0.15, -0.1) is 0 Å². The summed E-state index contributed by atoms with van der Waals surface area (Å²) in [4.78, 5) is 6.70. The Hall–Kier alpha value is -1.94. The van der Waals surface area contributed by atoms with Crippen LogP contribution in [-0.4, -0.2) is 24.1 Å². The maximum absolute atomic E-state index is 13.6. The van der Waals surface area contributed by atoms with Crippen LogP contribution in [0.3, 0.4) is 0 Å². The minimum Gasteiger partial charge on any atom is -0.357 e. The molecule has 21 heavy (non-hydrogen) atoms. The first-order valence-electron chi connectivity index (χ1n) is 7.46. The normalized spacial score (nSPS) is 16.1. The smallest absolute Gasteiger partial charge is 0.128 e. The van der Waals surface area contributed by atoms with Crippen LogP contribution in [0.1, 0.15) is 18.4 Å². The number of piperidine rings is 1. The number of pyridine rings is 1. The predicted octanol–water partition coefficient (Wildman–Crippen LogP) is 2.98. The van der Waals surface area contributed by atoms with Crippen molar-refractivity contribution in [3.8, 4) is 0 Å². The van der Waals surface area contributed by atoms with Crippen LogP contribution >= 0.6 is 0 Å². The minimum atomic E-state index is -0.129. The lowest BCUT2D eigenvalue weighted by Gasteiger charge is -2.33. The average molecular weight is 285 g/mol. The van der Waals surface area contributed by atoms with E-state index in [1.165, 1.54) is 6.07 Å². The van der Waals surface area contributed by atoms with Crippen molar-refractivity contribution in [2.75, 3.05) is 18.0 Å². The highest BCUT2D eigenvalue weighted by Crippen LogP contribution is 2.17.